The van der Waals surface area contributed by atoms with Crippen molar-refractivity contribution >= 4 is 194 Å². The second-order valence-electron chi connectivity index (χ2n) is 28.8. The van der Waals surface area contributed by atoms with Gasteiger partial charge in [-0.1, -0.05) is 212 Å². The number of nitrogens with zero attached hydrogens (tertiary/aromatic N) is 1. The highest BCUT2D eigenvalue weighted by Crippen LogP contribution is 2.47. The number of aliphatic carboxylic acids is 4. The van der Waals surface area contributed by atoms with Crippen molar-refractivity contribution in [2.45, 2.75) is 39.2 Å². The third kappa shape index (κ3) is 23.9. The molecule has 0 saturated carbocycles. The standard InChI is InChI=1S/C24H18ClNO5S2.C24H17FN2O7S2.C24H18FNO5S2.C24H19NO5S2/c25-17-10-8-15(9-11-17)16-4-3-5-18(12-16)33(30,31)26-21-13-22(32-14-23(27)28)24(29)20-7-2-1-6-19(20)21;25-15-7-5-14(6-8-15)17-10-9-16(11-21(17)27(31)32)36(33,34)26-20-12-22(35-13-23(28)29)24(30)19-4-2-1-3-18(19)20;25-17-10-8-15(9-11-17)16-4-3-5-18(12-16)33(30,31)26-21-13-22(32-14-23(27)28)24(29)20-7-2-1-6-19(20)21;26-23(27)15-31-22-14-21(19-11-4-5-12-20(19)24(22)28)25-32(29,30)18-10-6-9-17(13-18)16-7-2-1-3-8-16/h1-13,26,29H,14H2,(H,27,28);1-12,26,30H,13H2,(H,28,29);1-13,26,29H,14H2,(H,27,28);1-14,25,28H,15H2,(H,26,27). The lowest BCUT2D eigenvalue weighted by Gasteiger charge is -2.15. The van der Waals surface area contributed by atoms with Crippen LogP contribution >= 0.6 is 58.6 Å². The van der Waals surface area contributed by atoms with Gasteiger partial charge in [0.15, 0.2) is 0 Å². The van der Waals surface area contributed by atoms with Gasteiger partial charge in [-0.15, -0.1) is 47.0 Å². The summed E-state index contributed by atoms with van der Waals surface area (Å²) in [4.78, 5) is 55.6. The topological polar surface area (TPSA) is 458 Å². The molecule has 0 bridgehead atoms. The number of carbonyl (C=O) groups is 4. The largest absolute Gasteiger partial charge is 0.506 e. The first kappa shape index (κ1) is 97.1. The molecule has 0 aliphatic carbocycles. The second kappa shape index (κ2) is 42.4. The summed E-state index contributed by atoms with van der Waals surface area (Å²) in [6.07, 6.45) is 0. The molecule has 0 amide bonds. The number of anilines is 4. The molecule has 16 aromatic carbocycles. The van der Waals surface area contributed by atoms with E-state index in [2.05, 4.69) is 18.9 Å². The molecule has 0 aliphatic rings. The third-order valence-electron chi connectivity index (χ3n) is 19.8. The molecule has 38 heteroatoms. The van der Waals surface area contributed by atoms with Crippen LogP contribution in [-0.2, 0) is 59.3 Å². The SMILES string of the molecule is O=C(O)CSc1cc(NS(=O)(=O)c2ccc(-c3ccc(F)cc3)c([N+](=O)[O-])c2)c2ccccc2c1O.O=C(O)CSc1cc(NS(=O)(=O)c2cccc(-c3ccc(Cl)cc3)c2)c2ccccc2c1O.O=C(O)CSc1cc(NS(=O)(=O)c2cccc(-c3ccc(F)cc3)c2)c2ccccc2c1O.O=C(O)CSc1cc(NS(=O)(=O)c2cccc(-c3ccccc3)c2)c2ccccc2c1O. The Kier molecular flexibility index (Phi) is 30.8. The number of hydrogen-bond acceptors (Lipinski definition) is 22. The van der Waals surface area contributed by atoms with Crippen LogP contribution in [-0.4, -0.2) is 126 Å². The number of nitro benzene ring substituents is 1. The van der Waals surface area contributed by atoms with E-state index in [-0.39, 0.29) is 114 Å². The normalized spacial score (nSPS) is 11.4. The summed E-state index contributed by atoms with van der Waals surface area (Å²) >= 11 is 9.48. The molecule has 16 aromatic rings. The van der Waals surface area contributed by atoms with E-state index < -0.39 is 85.3 Å². The fourth-order valence-corrected chi connectivity index (χ4v) is 21.1. The van der Waals surface area contributed by atoms with Crippen molar-refractivity contribution in [1.29, 1.82) is 0 Å². The molecular formula is C96H72ClF2N5O22S8. The maximum atomic E-state index is 13.3. The van der Waals surface area contributed by atoms with Crippen LogP contribution in [0.25, 0.3) is 87.6 Å². The number of carboxylic acids is 4. The predicted octanol–water partition coefficient (Wildman–Crippen LogP) is 21.6. The monoisotopic (exact) mass is 1980 g/mol. The maximum Gasteiger partial charge on any atom is 0.313 e. The lowest BCUT2D eigenvalue weighted by molar-refractivity contribution is -0.384. The van der Waals surface area contributed by atoms with Crippen LogP contribution in [0.3, 0.4) is 0 Å². The highest BCUT2D eigenvalue weighted by molar-refractivity contribution is 8.01. The number of rotatable bonds is 29. The molecule has 27 nitrogen and oxygen atoms in total. The fourth-order valence-electron chi connectivity index (χ4n) is 13.6. The van der Waals surface area contributed by atoms with Gasteiger partial charge in [0.05, 0.1) is 95.4 Å². The van der Waals surface area contributed by atoms with E-state index in [9.17, 15) is 92.2 Å². The highest BCUT2D eigenvalue weighted by Gasteiger charge is 2.28. The minimum atomic E-state index is -4.35. The Hall–Kier alpha value is -14.4. The molecule has 0 atom stereocenters. The number of benzene rings is 16. The van der Waals surface area contributed by atoms with Crippen molar-refractivity contribution in [1.82, 2.24) is 0 Å². The number of hydrogen-bond donors (Lipinski definition) is 12. The number of sulfonamides is 4. The average Bonchev–Trinajstić information content (AvgIpc) is 0.746. The van der Waals surface area contributed by atoms with E-state index >= 15 is 0 Å². The summed E-state index contributed by atoms with van der Waals surface area (Å²) in [5, 5.41) is 93.9. The van der Waals surface area contributed by atoms with Gasteiger partial charge in [-0.05, 0) is 148 Å². The van der Waals surface area contributed by atoms with Gasteiger partial charge in [-0.2, -0.15) is 0 Å². The van der Waals surface area contributed by atoms with Crippen LogP contribution in [0.2, 0.25) is 5.02 Å². The van der Waals surface area contributed by atoms with E-state index in [1.54, 1.807) is 176 Å². The number of nitrogens with one attached hydrogen (secondary N) is 4. The lowest BCUT2D eigenvalue weighted by Crippen LogP contribution is -2.14. The summed E-state index contributed by atoms with van der Waals surface area (Å²) in [6.45, 7) is 0. The van der Waals surface area contributed by atoms with Crippen molar-refractivity contribution in [3.63, 3.8) is 0 Å². The average molecular weight is 1980 g/mol. The number of halogens is 3. The van der Waals surface area contributed by atoms with Crippen molar-refractivity contribution in [3.05, 3.63) is 342 Å². The number of phenolic OH excluding ortho intramolecular Hbond substituents is 4. The van der Waals surface area contributed by atoms with Gasteiger partial charge in [-0.25, -0.2) is 42.5 Å². The summed E-state index contributed by atoms with van der Waals surface area (Å²) in [5.74, 6) is -6.87. The number of nitro groups is 1. The molecule has 0 unspecified atom stereocenters. The Labute approximate surface area is 786 Å². The van der Waals surface area contributed by atoms with E-state index in [1.807, 2.05) is 36.4 Å². The molecule has 0 aliphatic heterocycles. The summed E-state index contributed by atoms with van der Waals surface area (Å²) in [5.41, 5.74) is 5.19. The van der Waals surface area contributed by atoms with Crippen LogP contribution in [0.4, 0.5) is 37.2 Å². The molecule has 682 valence electrons. The number of carboxylic acid groups (broad SMARTS) is 4. The van der Waals surface area contributed by atoms with Crippen molar-refractivity contribution in [3.8, 4) is 67.5 Å². The lowest BCUT2D eigenvalue weighted by atomic mass is 10.0. The van der Waals surface area contributed by atoms with E-state index in [4.69, 9.17) is 32.0 Å². The van der Waals surface area contributed by atoms with Crippen LogP contribution in [0.1, 0.15) is 0 Å². The number of fused-ring (bicyclic) bond motifs is 4. The van der Waals surface area contributed by atoms with Crippen molar-refractivity contribution < 1.29 is 107 Å². The zero-order valence-corrected chi connectivity index (χ0v) is 76.3. The molecule has 0 aromatic heterocycles. The molecule has 0 saturated heterocycles. The zero-order chi connectivity index (χ0) is 95.9. The highest BCUT2D eigenvalue weighted by atomic mass is 35.5. The number of phenols is 4. The Morgan fingerprint density at radius 2 is 0.545 bits per heavy atom. The Morgan fingerprint density at radius 1 is 0.299 bits per heavy atom. The molecule has 16 rings (SSSR count). The quantitative estimate of drug-likeness (QED) is 0.00896. The van der Waals surface area contributed by atoms with Crippen LogP contribution in [0, 0.1) is 21.7 Å². The molecule has 12 N–H and O–H groups in total. The minimum Gasteiger partial charge on any atom is -0.506 e. The zero-order valence-electron chi connectivity index (χ0n) is 69.0. The van der Waals surface area contributed by atoms with E-state index in [0.29, 0.717) is 70.4 Å². The summed E-state index contributed by atoms with van der Waals surface area (Å²) in [7, 11) is -16.3. The van der Waals surface area contributed by atoms with Gasteiger partial charge in [0.2, 0.25) is 0 Å². The Morgan fingerprint density at radius 3 is 0.828 bits per heavy atom. The van der Waals surface area contributed by atoms with Gasteiger partial charge in [0.1, 0.15) is 34.6 Å². The smallest absolute Gasteiger partial charge is 0.313 e. The van der Waals surface area contributed by atoms with Gasteiger partial charge in [0.25, 0.3) is 45.8 Å². The summed E-state index contributed by atoms with van der Waals surface area (Å²) in [6, 6.07) is 82.3. The summed E-state index contributed by atoms with van der Waals surface area (Å²) < 4.78 is 142. The van der Waals surface area contributed by atoms with Crippen LogP contribution in [0.5, 0.6) is 23.0 Å². The molecule has 0 radical (unpaired) electrons. The first-order chi connectivity index (χ1) is 63.9. The molecule has 0 fully saturated rings. The molecular weight excluding hydrogens is 1910 g/mol. The van der Waals surface area contributed by atoms with Crippen molar-refractivity contribution in [2.75, 3.05) is 41.9 Å². The maximum absolute atomic E-state index is 13.3. The fraction of sp³-hybridized carbons (Fsp3) is 0.0417. The number of aromatic hydroxyl groups is 4. The predicted molar refractivity (Wildman–Crippen MR) is 518 cm³/mol. The first-order valence-corrected chi connectivity index (χ1v) is 49.6. The number of thioether (sulfide) groups is 4. The van der Waals surface area contributed by atoms with Crippen molar-refractivity contribution in [2.24, 2.45) is 0 Å². The van der Waals surface area contributed by atoms with E-state index in [0.717, 1.165) is 81.9 Å². The van der Waals surface area contributed by atoms with Gasteiger partial charge >= 0.3 is 23.9 Å². The van der Waals surface area contributed by atoms with Crippen LogP contribution in [0.15, 0.2) is 355 Å². The Bertz CT molecular complexity index is 7520. The molecule has 134 heavy (non-hydrogen) atoms. The van der Waals surface area contributed by atoms with Gasteiger partial charge in [-0.3, -0.25) is 48.2 Å². The molecule has 0 heterocycles. The minimum absolute atomic E-state index is 0.00113. The van der Waals surface area contributed by atoms with Gasteiger partial charge < -0.3 is 40.9 Å². The van der Waals surface area contributed by atoms with Gasteiger partial charge in [0, 0.05) is 54.2 Å². The third-order valence-corrected chi connectivity index (χ3v) is 29.6. The van der Waals surface area contributed by atoms with Crippen LogP contribution < -0.4 is 18.9 Å². The first-order valence-electron chi connectivity index (χ1n) is 39.3. The second-order valence-corrected chi connectivity index (χ2v) is 40.1. The molecule has 0 spiro atoms. The van der Waals surface area contributed by atoms with E-state index in [1.165, 1.54) is 84.9 Å². The Balaban J connectivity index is 0.000000152.